The average Bonchev–Trinajstić information content (AvgIpc) is 2.05. The second kappa shape index (κ2) is 3.59. The number of rotatable bonds is 2. The fraction of sp³-hybridized carbons (Fsp3) is 0.714. The van der Waals surface area contributed by atoms with Gasteiger partial charge >= 0.3 is 0 Å². The lowest BCUT2D eigenvalue weighted by molar-refractivity contribution is 0.138. The summed E-state index contributed by atoms with van der Waals surface area (Å²) in [5.74, 6) is 0. The summed E-state index contributed by atoms with van der Waals surface area (Å²) in [6.07, 6.45) is 1.91. The fourth-order valence-electron chi connectivity index (χ4n) is 1.17. The Morgan fingerprint density at radius 2 is 2.45 bits per heavy atom. The number of hydrogen-bond donors (Lipinski definition) is 2. The molecule has 4 heteroatoms. The molecule has 0 aromatic heterocycles. The molecule has 2 N–H and O–H groups in total. The molecule has 1 aliphatic carbocycles. The third kappa shape index (κ3) is 1.85. The molecule has 0 saturated heterocycles. The molecule has 0 aromatic rings. The van der Waals surface area contributed by atoms with Crippen LogP contribution in [-0.2, 0) is 0 Å². The van der Waals surface area contributed by atoms with Gasteiger partial charge in [-0.2, -0.15) is 4.91 Å². The Morgan fingerprint density at radius 1 is 1.73 bits per heavy atom. The Kier molecular flexibility index (Phi) is 2.73. The second-order valence-electron chi connectivity index (χ2n) is 2.70. The first-order valence-corrected chi connectivity index (χ1v) is 3.57. The lowest BCUT2D eigenvalue weighted by Gasteiger charge is -2.20. The molecule has 0 radical (unpaired) electrons. The van der Waals surface area contributed by atoms with E-state index < -0.39 is 12.1 Å². The van der Waals surface area contributed by atoms with Gasteiger partial charge in [0.25, 0.3) is 0 Å². The van der Waals surface area contributed by atoms with Crippen LogP contribution in [-0.4, -0.2) is 29.0 Å². The number of nitroso groups, excluding NO2 is 1. The second-order valence-corrected chi connectivity index (χ2v) is 2.70. The van der Waals surface area contributed by atoms with Crippen LogP contribution in [0, 0.1) is 4.91 Å². The minimum Gasteiger partial charge on any atom is -0.392 e. The highest BCUT2D eigenvalue weighted by molar-refractivity contribution is 5.11. The van der Waals surface area contributed by atoms with E-state index in [1.54, 1.807) is 6.08 Å². The third-order valence-corrected chi connectivity index (χ3v) is 1.90. The zero-order chi connectivity index (χ0) is 8.27. The van der Waals surface area contributed by atoms with Crippen LogP contribution in [0.3, 0.4) is 0 Å². The summed E-state index contributed by atoms with van der Waals surface area (Å²) >= 11 is 0. The van der Waals surface area contributed by atoms with Gasteiger partial charge in [-0.1, -0.05) is 11.3 Å². The quantitative estimate of drug-likeness (QED) is 0.444. The highest BCUT2D eigenvalue weighted by Crippen LogP contribution is 2.20. The molecule has 0 heterocycles. The van der Waals surface area contributed by atoms with E-state index in [9.17, 15) is 4.91 Å². The van der Waals surface area contributed by atoms with Gasteiger partial charge in [-0.3, -0.25) is 0 Å². The van der Waals surface area contributed by atoms with Gasteiger partial charge < -0.3 is 10.2 Å². The third-order valence-electron chi connectivity index (χ3n) is 1.90. The van der Waals surface area contributed by atoms with Gasteiger partial charge in [0.05, 0.1) is 12.7 Å². The Balaban J connectivity index is 2.60. The van der Waals surface area contributed by atoms with Crippen molar-refractivity contribution in [3.63, 3.8) is 0 Å². The van der Waals surface area contributed by atoms with E-state index in [1.165, 1.54) is 0 Å². The standard InChI is InChI=1S/C7H11NO3/c9-4-5-1-2-7(10)6(3-5)8-11/h1,6-7,9-10H,2-4H2. The van der Waals surface area contributed by atoms with Crippen molar-refractivity contribution in [2.24, 2.45) is 5.18 Å². The number of hydrogen-bond acceptors (Lipinski definition) is 4. The molecule has 0 fully saturated rings. The smallest absolute Gasteiger partial charge is 0.122 e. The van der Waals surface area contributed by atoms with E-state index in [2.05, 4.69) is 5.18 Å². The van der Waals surface area contributed by atoms with Crippen molar-refractivity contribution in [1.29, 1.82) is 0 Å². The first-order valence-electron chi connectivity index (χ1n) is 3.57. The molecule has 62 valence electrons. The Hall–Kier alpha value is -0.740. The van der Waals surface area contributed by atoms with Crippen LogP contribution in [0.1, 0.15) is 12.8 Å². The van der Waals surface area contributed by atoms with E-state index in [0.717, 1.165) is 5.57 Å². The molecular formula is C7H11NO3. The zero-order valence-corrected chi connectivity index (χ0v) is 6.10. The molecule has 0 bridgehead atoms. The Morgan fingerprint density at radius 3 is 3.00 bits per heavy atom. The van der Waals surface area contributed by atoms with Gasteiger partial charge in [0.2, 0.25) is 0 Å². The first-order chi connectivity index (χ1) is 5.27. The summed E-state index contributed by atoms with van der Waals surface area (Å²) in [5, 5.41) is 20.6. The van der Waals surface area contributed by atoms with Crippen molar-refractivity contribution >= 4 is 0 Å². The van der Waals surface area contributed by atoms with Crippen LogP contribution in [0.4, 0.5) is 0 Å². The predicted molar refractivity (Wildman–Crippen MR) is 40.0 cm³/mol. The Labute approximate surface area is 64.5 Å². The van der Waals surface area contributed by atoms with Crippen molar-refractivity contribution in [1.82, 2.24) is 0 Å². The van der Waals surface area contributed by atoms with Gasteiger partial charge in [-0.15, -0.1) is 0 Å². The maximum Gasteiger partial charge on any atom is 0.122 e. The molecule has 0 saturated carbocycles. The summed E-state index contributed by atoms with van der Waals surface area (Å²) in [7, 11) is 0. The summed E-state index contributed by atoms with van der Waals surface area (Å²) in [6.45, 7) is -0.0429. The summed E-state index contributed by atoms with van der Waals surface area (Å²) < 4.78 is 0. The normalized spacial score (nSPS) is 31.3. The van der Waals surface area contributed by atoms with Gasteiger partial charge in [-0.05, 0) is 18.4 Å². The van der Waals surface area contributed by atoms with E-state index in [-0.39, 0.29) is 6.61 Å². The average molecular weight is 157 g/mol. The molecule has 2 unspecified atom stereocenters. The molecule has 0 aromatic carbocycles. The minimum absolute atomic E-state index is 0.0429. The largest absolute Gasteiger partial charge is 0.392 e. The molecule has 2 atom stereocenters. The molecule has 1 aliphatic rings. The van der Waals surface area contributed by atoms with Crippen molar-refractivity contribution < 1.29 is 10.2 Å². The van der Waals surface area contributed by atoms with Gasteiger partial charge in [0.1, 0.15) is 6.04 Å². The fourth-order valence-corrected chi connectivity index (χ4v) is 1.17. The number of nitrogens with zero attached hydrogens (tertiary/aromatic N) is 1. The van der Waals surface area contributed by atoms with E-state index >= 15 is 0 Å². The minimum atomic E-state index is -0.664. The SMILES string of the molecule is O=NC1CC(CO)=CCC1O. The van der Waals surface area contributed by atoms with Crippen LogP contribution >= 0.6 is 0 Å². The summed E-state index contributed by atoms with van der Waals surface area (Å²) in [5.41, 5.74) is 0.792. The summed E-state index contributed by atoms with van der Waals surface area (Å²) in [6, 6.07) is -0.567. The van der Waals surface area contributed by atoms with Crippen LogP contribution in [0.15, 0.2) is 16.8 Å². The molecule has 0 aliphatic heterocycles. The van der Waals surface area contributed by atoms with Crippen LogP contribution in [0.25, 0.3) is 0 Å². The maximum atomic E-state index is 10.1. The highest BCUT2D eigenvalue weighted by Gasteiger charge is 2.24. The van der Waals surface area contributed by atoms with Crippen LogP contribution < -0.4 is 0 Å². The number of aliphatic hydroxyl groups is 2. The van der Waals surface area contributed by atoms with Crippen molar-refractivity contribution in [3.05, 3.63) is 16.6 Å². The van der Waals surface area contributed by atoms with Crippen LogP contribution in [0.5, 0.6) is 0 Å². The molecule has 1 rings (SSSR count). The topological polar surface area (TPSA) is 69.9 Å². The van der Waals surface area contributed by atoms with Crippen molar-refractivity contribution in [2.75, 3.05) is 6.61 Å². The molecule has 0 spiro atoms. The Bertz CT molecular complexity index is 179. The molecule has 0 amide bonds. The number of aliphatic hydroxyl groups excluding tert-OH is 2. The van der Waals surface area contributed by atoms with Gasteiger partial charge in [0.15, 0.2) is 0 Å². The lowest BCUT2D eigenvalue weighted by Crippen LogP contribution is -2.27. The molecular weight excluding hydrogens is 146 g/mol. The zero-order valence-electron chi connectivity index (χ0n) is 6.10. The molecule has 4 nitrogen and oxygen atoms in total. The predicted octanol–water partition coefficient (Wildman–Crippen LogP) is 0.195. The summed E-state index contributed by atoms with van der Waals surface area (Å²) in [4.78, 5) is 10.1. The van der Waals surface area contributed by atoms with Gasteiger partial charge in [0, 0.05) is 0 Å². The van der Waals surface area contributed by atoms with Crippen molar-refractivity contribution in [3.8, 4) is 0 Å². The van der Waals surface area contributed by atoms with Gasteiger partial charge in [-0.25, -0.2) is 0 Å². The van der Waals surface area contributed by atoms with E-state index in [1.807, 2.05) is 0 Å². The van der Waals surface area contributed by atoms with E-state index in [0.29, 0.717) is 12.8 Å². The lowest BCUT2D eigenvalue weighted by atomic mass is 9.93. The van der Waals surface area contributed by atoms with E-state index in [4.69, 9.17) is 10.2 Å². The van der Waals surface area contributed by atoms with Crippen LogP contribution in [0.2, 0.25) is 0 Å². The first kappa shape index (κ1) is 8.36. The molecule has 11 heavy (non-hydrogen) atoms. The monoisotopic (exact) mass is 157 g/mol. The van der Waals surface area contributed by atoms with Crippen molar-refractivity contribution in [2.45, 2.75) is 25.0 Å². The highest BCUT2D eigenvalue weighted by atomic mass is 16.3. The maximum absolute atomic E-state index is 10.1.